The van der Waals surface area contributed by atoms with Crippen LogP contribution in [0.2, 0.25) is 10.2 Å². The van der Waals surface area contributed by atoms with Gasteiger partial charge in [-0.05, 0) is 19.1 Å². The van der Waals surface area contributed by atoms with E-state index in [1.165, 1.54) is 18.3 Å². The molecule has 0 spiro atoms. The maximum atomic E-state index is 13.6. The summed E-state index contributed by atoms with van der Waals surface area (Å²) in [6, 6.07) is 7.12. The molecule has 2 rings (SSSR count). The molecule has 20 heavy (non-hydrogen) atoms. The molecule has 1 unspecified atom stereocenters. The Labute approximate surface area is 125 Å². The van der Waals surface area contributed by atoms with Gasteiger partial charge in [-0.25, -0.2) is 9.37 Å². The smallest absolute Gasteiger partial charge is 0.253 e. The quantitative estimate of drug-likeness (QED) is 0.870. The van der Waals surface area contributed by atoms with Crippen molar-refractivity contribution in [3.05, 3.63) is 63.6 Å². The Morgan fingerprint density at radius 2 is 2.05 bits per heavy atom. The largest absolute Gasteiger partial charge is 0.345 e. The monoisotopic (exact) mass is 312 g/mol. The van der Waals surface area contributed by atoms with Gasteiger partial charge in [0.2, 0.25) is 0 Å². The fourth-order valence-corrected chi connectivity index (χ4v) is 2.11. The molecule has 1 N–H and O–H groups in total. The molecule has 0 saturated carbocycles. The van der Waals surface area contributed by atoms with E-state index in [1.807, 2.05) is 0 Å². The predicted octanol–water partition coefficient (Wildman–Crippen LogP) is 4.02. The number of carbonyl (C=O) groups is 1. The topological polar surface area (TPSA) is 42.0 Å². The molecule has 0 aliphatic carbocycles. The molecular formula is C14H11Cl2FN2O. The minimum atomic E-state index is -0.494. The molecule has 0 radical (unpaired) electrons. The number of nitrogens with one attached hydrogen (secondary N) is 1. The summed E-state index contributed by atoms with van der Waals surface area (Å²) < 4.78 is 13.6. The molecule has 0 saturated heterocycles. The lowest BCUT2D eigenvalue weighted by Gasteiger charge is -2.15. The van der Waals surface area contributed by atoms with Crippen LogP contribution in [0.5, 0.6) is 0 Å². The molecule has 3 nitrogen and oxygen atoms in total. The highest BCUT2D eigenvalue weighted by molar-refractivity contribution is 6.35. The van der Waals surface area contributed by atoms with Gasteiger partial charge in [0.25, 0.3) is 5.91 Å². The predicted molar refractivity (Wildman–Crippen MR) is 76.5 cm³/mol. The van der Waals surface area contributed by atoms with Crippen LogP contribution in [0.3, 0.4) is 0 Å². The molecule has 1 aromatic carbocycles. The number of hydrogen-bond acceptors (Lipinski definition) is 2. The van der Waals surface area contributed by atoms with Crippen molar-refractivity contribution in [2.75, 3.05) is 0 Å². The van der Waals surface area contributed by atoms with Crippen molar-refractivity contribution in [2.24, 2.45) is 0 Å². The van der Waals surface area contributed by atoms with Crippen LogP contribution in [0, 0.1) is 5.82 Å². The number of amides is 1. The second-order valence-electron chi connectivity index (χ2n) is 4.20. The molecule has 0 bridgehead atoms. The Bertz CT molecular complexity index is 649. The Morgan fingerprint density at radius 1 is 1.35 bits per heavy atom. The number of nitrogens with zero attached hydrogens (tertiary/aromatic N) is 1. The first kappa shape index (κ1) is 14.8. The number of carbonyl (C=O) groups excluding carboxylic acids is 1. The van der Waals surface area contributed by atoms with Crippen molar-refractivity contribution in [2.45, 2.75) is 13.0 Å². The van der Waals surface area contributed by atoms with E-state index >= 15 is 0 Å². The van der Waals surface area contributed by atoms with Gasteiger partial charge in [0.15, 0.2) is 0 Å². The molecule has 1 amide bonds. The summed E-state index contributed by atoms with van der Waals surface area (Å²) in [7, 11) is 0. The van der Waals surface area contributed by atoms with Crippen molar-refractivity contribution in [1.82, 2.24) is 10.3 Å². The number of benzene rings is 1. The highest BCUT2D eigenvalue weighted by atomic mass is 35.5. The molecular weight excluding hydrogens is 302 g/mol. The molecule has 6 heteroatoms. The second kappa shape index (κ2) is 6.20. The first-order valence-electron chi connectivity index (χ1n) is 5.85. The first-order valence-corrected chi connectivity index (χ1v) is 6.61. The molecule has 1 heterocycles. The Morgan fingerprint density at radius 3 is 2.75 bits per heavy atom. The van der Waals surface area contributed by atoms with Crippen molar-refractivity contribution < 1.29 is 9.18 Å². The lowest BCUT2D eigenvalue weighted by molar-refractivity contribution is 0.0939. The third kappa shape index (κ3) is 3.26. The average molecular weight is 313 g/mol. The lowest BCUT2D eigenvalue weighted by atomic mass is 10.1. The van der Waals surface area contributed by atoms with E-state index in [4.69, 9.17) is 23.2 Å². The summed E-state index contributed by atoms with van der Waals surface area (Å²) in [5, 5.41) is 3.02. The summed E-state index contributed by atoms with van der Waals surface area (Å²) in [6.45, 7) is 1.69. The summed E-state index contributed by atoms with van der Waals surface area (Å²) >= 11 is 11.6. The van der Waals surface area contributed by atoms with E-state index in [-0.39, 0.29) is 21.6 Å². The third-order valence-electron chi connectivity index (χ3n) is 2.79. The summed E-state index contributed by atoms with van der Waals surface area (Å²) in [5.41, 5.74) is 0.604. The van der Waals surface area contributed by atoms with Crippen LogP contribution in [0.25, 0.3) is 0 Å². The van der Waals surface area contributed by atoms with E-state index in [0.29, 0.717) is 5.56 Å². The van der Waals surface area contributed by atoms with Crippen LogP contribution in [0.4, 0.5) is 4.39 Å². The van der Waals surface area contributed by atoms with Crippen molar-refractivity contribution in [3.63, 3.8) is 0 Å². The zero-order chi connectivity index (χ0) is 14.7. The van der Waals surface area contributed by atoms with Gasteiger partial charge in [-0.15, -0.1) is 0 Å². The maximum Gasteiger partial charge on any atom is 0.253 e. The van der Waals surface area contributed by atoms with Crippen LogP contribution in [0.15, 0.2) is 36.5 Å². The van der Waals surface area contributed by atoms with E-state index in [1.54, 1.807) is 25.1 Å². The molecule has 1 aromatic heterocycles. The zero-order valence-corrected chi connectivity index (χ0v) is 12.0. The van der Waals surface area contributed by atoms with Gasteiger partial charge in [-0.3, -0.25) is 4.79 Å². The third-order valence-corrected chi connectivity index (χ3v) is 3.29. The number of rotatable bonds is 3. The van der Waals surface area contributed by atoms with Gasteiger partial charge in [-0.1, -0.05) is 41.4 Å². The molecule has 1 atom stereocenters. The fourth-order valence-electron chi connectivity index (χ4n) is 1.77. The van der Waals surface area contributed by atoms with Crippen LogP contribution < -0.4 is 5.32 Å². The zero-order valence-electron chi connectivity index (χ0n) is 10.5. The van der Waals surface area contributed by atoms with Crippen molar-refractivity contribution in [3.8, 4) is 0 Å². The number of pyridine rings is 1. The minimum Gasteiger partial charge on any atom is -0.345 e. The van der Waals surface area contributed by atoms with Crippen molar-refractivity contribution >= 4 is 29.1 Å². The fraction of sp³-hybridized carbons (Fsp3) is 0.143. The van der Waals surface area contributed by atoms with Gasteiger partial charge in [0.1, 0.15) is 11.0 Å². The van der Waals surface area contributed by atoms with E-state index in [2.05, 4.69) is 10.3 Å². The number of aromatic nitrogens is 1. The molecule has 0 aliphatic rings. The molecule has 104 valence electrons. The van der Waals surface area contributed by atoms with Gasteiger partial charge >= 0.3 is 0 Å². The Hall–Kier alpha value is -1.65. The van der Waals surface area contributed by atoms with Gasteiger partial charge < -0.3 is 5.32 Å². The van der Waals surface area contributed by atoms with E-state index in [9.17, 15) is 9.18 Å². The van der Waals surface area contributed by atoms with Crippen LogP contribution >= 0.6 is 23.2 Å². The van der Waals surface area contributed by atoms with Crippen LogP contribution in [-0.2, 0) is 0 Å². The minimum absolute atomic E-state index is 0.165. The van der Waals surface area contributed by atoms with Crippen LogP contribution in [0.1, 0.15) is 28.9 Å². The highest BCUT2D eigenvalue weighted by Crippen LogP contribution is 2.21. The van der Waals surface area contributed by atoms with Crippen molar-refractivity contribution in [1.29, 1.82) is 0 Å². The van der Waals surface area contributed by atoms with Gasteiger partial charge in [0.05, 0.1) is 16.6 Å². The van der Waals surface area contributed by atoms with Gasteiger partial charge in [0, 0.05) is 11.8 Å². The number of hydrogen-bond donors (Lipinski definition) is 1. The lowest BCUT2D eigenvalue weighted by Crippen LogP contribution is -2.27. The Kier molecular flexibility index (Phi) is 4.57. The first-order chi connectivity index (χ1) is 9.49. The Balaban J connectivity index is 2.20. The molecule has 2 aromatic rings. The van der Waals surface area contributed by atoms with E-state index in [0.717, 1.165) is 0 Å². The van der Waals surface area contributed by atoms with Crippen LogP contribution in [-0.4, -0.2) is 10.9 Å². The SMILES string of the molecule is CC(NC(=O)c1cc(Cl)ncc1Cl)c1ccccc1F. The summed E-state index contributed by atoms with van der Waals surface area (Å²) in [6.07, 6.45) is 1.30. The highest BCUT2D eigenvalue weighted by Gasteiger charge is 2.17. The number of halogens is 3. The maximum absolute atomic E-state index is 13.6. The standard InChI is InChI=1S/C14H11Cl2FN2O/c1-8(9-4-2-3-5-12(9)17)19-14(20)10-6-13(16)18-7-11(10)15/h2-8H,1H3,(H,19,20). The molecule has 0 aliphatic heterocycles. The van der Waals surface area contributed by atoms with E-state index < -0.39 is 11.9 Å². The molecule has 0 fully saturated rings. The summed E-state index contributed by atoms with van der Waals surface area (Å²) in [4.78, 5) is 15.9. The summed E-state index contributed by atoms with van der Waals surface area (Å²) in [5.74, 6) is -0.811. The normalized spacial score (nSPS) is 12.0. The average Bonchev–Trinajstić information content (AvgIpc) is 2.41. The van der Waals surface area contributed by atoms with Gasteiger partial charge in [-0.2, -0.15) is 0 Å². The second-order valence-corrected chi connectivity index (χ2v) is 5.00.